The lowest BCUT2D eigenvalue weighted by Crippen LogP contribution is -2.31. The van der Waals surface area contributed by atoms with Gasteiger partial charge in [0.2, 0.25) is 5.91 Å². The Balaban J connectivity index is 1.43. The molecule has 2 N–H and O–H groups in total. The Morgan fingerprint density at radius 2 is 2.00 bits per heavy atom. The number of fused-ring (bicyclic) bond motifs is 1. The van der Waals surface area contributed by atoms with Crippen LogP contribution in [-0.4, -0.2) is 31.2 Å². The number of ether oxygens (including phenoxy) is 1. The Labute approximate surface area is 168 Å². The third kappa shape index (κ3) is 5.25. The number of halogens is 1. The van der Waals surface area contributed by atoms with Crippen LogP contribution >= 0.6 is 11.8 Å². The summed E-state index contributed by atoms with van der Waals surface area (Å²) < 4.78 is 18.6. The summed E-state index contributed by atoms with van der Waals surface area (Å²) in [5.74, 6) is 1.02. The van der Waals surface area contributed by atoms with Gasteiger partial charge in [0.05, 0.1) is 13.2 Å². The average molecular weight is 402 g/mol. The number of carbonyl (C=O) groups excluding carboxylic acids is 2. The SMILES string of the molecule is COc1ccc(C(=O)NCCCC(=O)NC2CCSc3ccc(F)cc32)cc1. The number of methoxy groups -OCH3 is 1. The molecule has 2 aromatic carbocycles. The summed E-state index contributed by atoms with van der Waals surface area (Å²) in [7, 11) is 1.57. The molecule has 0 aromatic heterocycles. The summed E-state index contributed by atoms with van der Waals surface area (Å²) >= 11 is 1.68. The van der Waals surface area contributed by atoms with Gasteiger partial charge < -0.3 is 15.4 Å². The maximum atomic E-state index is 13.5. The van der Waals surface area contributed by atoms with Crippen LogP contribution in [0.15, 0.2) is 47.4 Å². The summed E-state index contributed by atoms with van der Waals surface area (Å²) in [6.45, 7) is 0.407. The van der Waals surface area contributed by atoms with Crippen LogP contribution in [0, 0.1) is 5.82 Å². The average Bonchev–Trinajstić information content (AvgIpc) is 2.71. The van der Waals surface area contributed by atoms with Gasteiger partial charge in [-0.1, -0.05) is 0 Å². The van der Waals surface area contributed by atoms with Gasteiger partial charge in [0.25, 0.3) is 5.91 Å². The van der Waals surface area contributed by atoms with Gasteiger partial charge in [-0.25, -0.2) is 4.39 Å². The summed E-state index contributed by atoms with van der Waals surface area (Å²) in [4.78, 5) is 25.4. The zero-order valence-corrected chi connectivity index (χ0v) is 16.5. The first kappa shape index (κ1) is 20.2. The highest BCUT2D eigenvalue weighted by Crippen LogP contribution is 2.36. The molecule has 0 bridgehead atoms. The van der Waals surface area contributed by atoms with Crippen LogP contribution in [-0.2, 0) is 4.79 Å². The third-order valence-corrected chi connectivity index (χ3v) is 5.69. The molecule has 2 amide bonds. The van der Waals surface area contributed by atoms with Crippen molar-refractivity contribution in [2.45, 2.75) is 30.2 Å². The second-order valence-electron chi connectivity index (χ2n) is 6.53. The van der Waals surface area contributed by atoms with Gasteiger partial charge in [0.1, 0.15) is 11.6 Å². The first-order chi connectivity index (χ1) is 13.6. The van der Waals surface area contributed by atoms with E-state index in [9.17, 15) is 14.0 Å². The van der Waals surface area contributed by atoms with Crippen molar-refractivity contribution in [2.24, 2.45) is 0 Å². The van der Waals surface area contributed by atoms with Crippen molar-refractivity contribution >= 4 is 23.6 Å². The highest BCUT2D eigenvalue weighted by atomic mass is 32.2. The lowest BCUT2D eigenvalue weighted by Gasteiger charge is -2.26. The minimum atomic E-state index is -0.290. The smallest absolute Gasteiger partial charge is 0.251 e. The third-order valence-electron chi connectivity index (χ3n) is 4.56. The van der Waals surface area contributed by atoms with Crippen molar-refractivity contribution in [3.63, 3.8) is 0 Å². The first-order valence-corrected chi connectivity index (χ1v) is 10.2. The molecule has 0 saturated carbocycles. The monoisotopic (exact) mass is 402 g/mol. The van der Waals surface area contributed by atoms with E-state index in [1.165, 1.54) is 12.1 Å². The summed E-state index contributed by atoms with van der Waals surface area (Å²) in [5.41, 5.74) is 1.39. The number of hydrogen-bond donors (Lipinski definition) is 2. The fourth-order valence-corrected chi connectivity index (χ4v) is 4.18. The molecule has 7 heteroatoms. The van der Waals surface area contributed by atoms with E-state index in [1.54, 1.807) is 49.2 Å². The molecule has 0 aliphatic carbocycles. The summed E-state index contributed by atoms with van der Waals surface area (Å²) in [5, 5.41) is 5.80. The maximum absolute atomic E-state index is 13.5. The highest BCUT2D eigenvalue weighted by Gasteiger charge is 2.22. The number of amides is 2. The van der Waals surface area contributed by atoms with Gasteiger partial charge in [-0.3, -0.25) is 9.59 Å². The Bertz CT molecular complexity index is 842. The molecule has 0 radical (unpaired) electrons. The second-order valence-corrected chi connectivity index (χ2v) is 7.66. The summed E-state index contributed by atoms with van der Waals surface area (Å²) in [6.07, 6.45) is 1.61. The quantitative estimate of drug-likeness (QED) is 0.693. The zero-order valence-electron chi connectivity index (χ0n) is 15.7. The normalized spacial score (nSPS) is 15.4. The van der Waals surface area contributed by atoms with E-state index in [0.717, 1.165) is 22.6 Å². The molecular formula is C21H23FN2O3S. The van der Waals surface area contributed by atoms with Crippen molar-refractivity contribution < 1.29 is 18.7 Å². The van der Waals surface area contributed by atoms with Crippen molar-refractivity contribution in [3.05, 3.63) is 59.4 Å². The molecule has 28 heavy (non-hydrogen) atoms. The van der Waals surface area contributed by atoms with Crippen LogP contribution in [0.2, 0.25) is 0 Å². The molecule has 1 atom stereocenters. The minimum Gasteiger partial charge on any atom is -0.497 e. The number of thioether (sulfide) groups is 1. The van der Waals surface area contributed by atoms with Crippen LogP contribution in [0.5, 0.6) is 5.75 Å². The van der Waals surface area contributed by atoms with Gasteiger partial charge in [-0.15, -0.1) is 11.8 Å². The maximum Gasteiger partial charge on any atom is 0.251 e. The molecular weight excluding hydrogens is 379 g/mol. The number of nitrogens with one attached hydrogen (secondary N) is 2. The molecule has 0 fully saturated rings. The molecule has 0 spiro atoms. The molecule has 2 aromatic rings. The largest absolute Gasteiger partial charge is 0.497 e. The number of carbonyl (C=O) groups is 2. The lowest BCUT2D eigenvalue weighted by molar-refractivity contribution is -0.122. The van der Waals surface area contributed by atoms with Crippen molar-refractivity contribution in [2.75, 3.05) is 19.4 Å². The van der Waals surface area contributed by atoms with Crippen molar-refractivity contribution in [3.8, 4) is 5.75 Å². The van der Waals surface area contributed by atoms with E-state index >= 15 is 0 Å². The highest BCUT2D eigenvalue weighted by molar-refractivity contribution is 7.99. The molecule has 0 saturated heterocycles. The van der Waals surface area contributed by atoms with E-state index in [1.807, 2.05) is 0 Å². The Kier molecular flexibility index (Phi) is 6.92. The van der Waals surface area contributed by atoms with Crippen LogP contribution in [0.4, 0.5) is 4.39 Å². The van der Waals surface area contributed by atoms with Gasteiger partial charge in [0.15, 0.2) is 0 Å². The Morgan fingerprint density at radius 3 is 2.75 bits per heavy atom. The van der Waals surface area contributed by atoms with Gasteiger partial charge in [-0.05, 0) is 60.9 Å². The minimum absolute atomic E-state index is 0.0918. The van der Waals surface area contributed by atoms with Gasteiger partial charge in [-0.2, -0.15) is 0 Å². The number of hydrogen-bond acceptors (Lipinski definition) is 4. The standard InChI is InChI=1S/C21H23FN2O3S/c1-27-16-7-4-14(5-8-16)21(26)23-11-2-3-20(25)24-18-10-12-28-19-9-6-15(22)13-17(18)19/h4-9,13,18H,2-3,10-12H2,1H3,(H,23,26)(H,24,25). The molecule has 1 aliphatic rings. The van der Waals surface area contributed by atoms with E-state index < -0.39 is 0 Å². The molecule has 5 nitrogen and oxygen atoms in total. The fraction of sp³-hybridized carbons (Fsp3) is 0.333. The van der Waals surface area contributed by atoms with E-state index in [4.69, 9.17) is 4.74 Å². The van der Waals surface area contributed by atoms with Gasteiger partial charge in [0, 0.05) is 29.2 Å². The molecule has 1 aliphatic heterocycles. The first-order valence-electron chi connectivity index (χ1n) is 9.20. The topological polar surface area (TPSA) is 67.4 Å². The fourth-order valence-electron chi connectivity index (χ4n) is 3.08. The lowest BCUT2D eigenvalue weighted by atomic mass is 10.0. The van der Waals surface area contributed by atoms with E-state index in [0.29, 0.717) is 30.7 Å². The van der Waals surface area contributed by atoms with Gasteiger partial charge >= 0.3 is 0 Å². The van der Waals surface area contributed by atoms with Crippen LogP contribution < -0.4 is 15.4 Å². The second kappa shape index (κ2) is 9.59. The molecule has 148 valence electrons. The number of rotatable bonds is 7. The van der Waals surface area contributed by atoms with E-state index in [-0.39, 0.29) is 23.7 Å². The Morgan fingerprint density at radius 1 is 1.21 bits per heavy atom. The van der Waals surface area contributed by atoms with Crippen molar-refractivity contribution in [1.82, 2.24) is 10.6 Å². The molecule has 1 unspecified atom stereocenters. The van der Waals surface area contributed by atoms with Crippen LogP contribution in [0.25, 0.3) is 0 Å². The molecule has 1 heterocycles. The van der Waals surface area contributed by atoms with E-state index in [2.05, 4.69) is 10.6 Å². The summed E-state index contributed by atoms with van der Waals surface area (Å²) in [6, 6.07) is 11.4. The van der Waals surface area contributed by atoms with Crippen LogP contribution in [0.3, 0.4) is 0 Å². The predicted molar refractivity (Wildman–Crippen MR) is 107 cm³/mol. The molecule has 3 rings (SSSR count). The Hall–Kier alpha value is -2.54. The number of benzene rings is 2. The van der Waals surface area contributed by atoms with Crippen LogP contribution in [0.1, 0.15) is 41.2 Å². The van der Waals surface area contributed by atoms with Crippen molar-refractivity contribution in [1.29, 1.82) is 0 Å². The zero-order chi connectivity index (χ0) is 19.9. The predicted octanol–water partition coefficient (Wildman–Crippen LogP) is 3.70.